The molecule has 0 bridgehead atoms. The summed E-state index contributed by atoms with van der Waals surface area (Å²) in [5.41, 5.74) is 3.42. The minimum Gasteiger partial charge on any atom is -0.465 e. The van der Waals surface area contributed by atoms with E-state index in [4.69, 9.17) is 16.3 Å². The molecule has 0 spiro atoms. The molecule has 0 aliphatic heterocycles. The van der Waals surface area contributed by atoms with Gasteiger partial charge in [0.15, 0.2) is 0 Å². The lowest BCUT2D eigenvalue weighted by atomic mass is 9.83. The number of aryl methyl sites for hydroxylation is 1. The summed E-state index contributed by atoms with van der Waals surface area (Å²) in [4.78, 5) is 25.9. The van der Waals surface area contributed by atoms with Gasteiger partial charge in [-0.25, -0.2) is 4.79 Å². The Hall–Kier alpha value is -2.69. The third-order valence-electron chi connectivity index (χ3n) is 4.98. The summed E-state index contributed by atoms with van der Waals surface area (Å²) in [6.07, 6.45) is 3.87. The number of carbonyl (C=O) groups is 2. The summed E-state index contributed by atoms with van der Waals surface area (Å²) < 4.78 is 4.87. The van der Waals surface area contributed by atoms with E-state index in [0.717, 1.165) is 16.0 Å². The van der Waals surface area contributed by atoms with Crippen LogP contribution in [0.2, 0.25) is 5.02 Å². The highest BCUT2D eigenvalue weighted by Gasteiger charge is 2.26. The first kappa shape index (κ1) is 22.0. The second-order valence-electron chi connectivity index (χ2n) is 7.64. The van der Waals surface area contributed by atoms with Crippen LogP contribution in [0, 0.1) is 6.92 Å². The summed E-state index contributed by atoms with van der Waals surface area (Å²) in [5, 5.41) is 2.41. The van der Waals surface area contributed by atoms with E-state index in [9.17, 15) is 9.59 Å². The average Bonchev–Trinajstić information content (AvgIpc) is 3.23. The third-order valence-corrected chi connectivity index (χ3v) is 6.13. The first-order valence-electron chi connectivity index (χ1n) is 9.49. The summed E-state index contributed by atoms with van der Waals surface area (Å²) in [5.74, 6) is -0.427. The monoisotopic (exact) mass is 438 g/mol. The maximum absolute atomic E-state index is 13.1. The minimum absolute atomic E-state index is 0.0169. The van der Waals surface area contributed by atoms with Crippen molar-refractivity contribution in [2.45, 2.75) is 26.2 Å². The lowest BCUT2D eigenvalue weighted by Crippen LogP contribution is -2.17. The Bertz CT molecular complexity index is 1110. The summed E-state index contributed by atoms with van der Waals surface area (Å²) in [6, 6.07) is 14.7. The maximum atomic E-state index is 13.1. The highest BCUT2D eigenvalue weighted by atomic mass is 35.5. The maximum Gasteiger partial charge on any atom is 0.338 e. The number of ketones is 1. The number of benzene rings is 2. The number of methoxy groups -OCH3 is 1. The van der Waals surface area contributed by atoms with Gasteiger partial charge in [0, 0.05) is 16.0 Å². The second kappa shape index (κ2) is 8.99. The van der Waals surface area contributed by atoms with Gasteiger partial charge in [0.05, 0.1) is 17.6 Å². The molecule has 0 saturated heterocycles. The smallest absolute Gasteiger partial charge is 0.338 e. The second-order valence-corrected chi connectivity index (χ2v) is 8.99. The van der Waals surface area contributed by atoms with Crippen molar-refractivity contribution in [3.05, 3.63) is 97.7 Å². The van der Waals surface area contributed by atoms with Gasteiger partial charge in [0.1, 0.15) is 0 Å². The van der Waals surface area contributed by atoms with Crippen molar-refractivity contribution in [3.8, 4) is 0 Å². The van der Waals surface area contributed by atoms with Gasteiger partial charge in [-0.2, -0.15) is 0 Å². The van der Waals surface area contributed by atoms with E-state index in [2.05, 4.69) is 0 Å². The van der Waals surface area contributed by atoms with Crippen molar-refractivity contribution < 1.29 is 14.3 Å². The zero-order valence-corrected chi connectivity index (χ0v) is 18.9. The van der Waals surface area contributed by atoms with Crippen LogP contribution in [-0.2, 0) is 10.2 Å². The Labute approximate surface area is 186 Å². The van der Waals surface area contributed by atoms with Crippen molar-refractivity contribution >= 4 is 40.8 Å². The lowest BCUT2D eigenvalue weighted by molar-refractivity contribution is 0.0600. The lowest BCUT2D eigenvalue weighted by Gasteiger charge is -2.21. The van der Waals surface area contributed by atoms with Crippen LogP contribution < -0.4 is 0 Å². The average molecular weight is 439 g/mol. The highest BCUT2D eigenvalue weighted by molar-refractivity contribution is 7.12. The summed E-state index contributed by atoms with van der Waals surface area (Å²) >= 11 is 7.49. The highest BCUT2D eigenvalue weighted by Crippen LogP contribution is 2.34. The van der Waals surface area contributed by atoms with E-state index in [1.165, 1.54) is 18.4 Å². The molecular weight excluding hydrogens is 416 g/mol. The summed E-state index contributed by atoms with van der Waals surface area (Å²) in [6.45, 7) is 6.09. The van der Waals surface area contributed by atoms with Gasteiger partial charge in [-0.15, -0.1) is 11.3 Å². The van der Waals surface area contributed by atoms with Crippen LogP contribution in [0.3, 0.4) is 0 Å². The number of esters is 1. The molecule has 0 aliphatic rings. The van der Waals surface area contributed by atoms with E-state index in [1.54, 1.807) is 18.2 Å². The zero-order chi connectivity index (χ0) is 21.9. The molecule has 0 atom stereocenters. The van der Waals surface area contributed by atoms with Gasteiger partial charge in [0.25, 0.3) is 0 Å². The molecule has 1 heterocycles. The molecule has 3 nitrogen and oxygen atoms in total. The number of thiophene rings is 1. The van der Waals surface area contributed by atoms with E-state index in [-0.39, 0.29) is 5.78 Å². The van der Waals surface area contributed by atoms with Gasteiger partial charge in [-0.3, -0.25) is 4.79 Å². The predicted octanol–water partition coefficient (Wildman–Crippen LogP) is 6.72. The molecule has 0 aliphatic carbocycles. The molecule has 3 aromatic rings. The van der Waals surface area contributed by atoms with Crippen molar-refractivity contribution in [1.29, 1.82) is 0 Å². The van der Waals surface area contributed by atoms with Gasteiger partial charge < -0.3 is 4.74 Å². The Kier molecular flexibility index (Phi) is 6.59. The van der Waals surface area contributed by atoms with Crippen molar-refractivity contribution in [2.75, 3.05) is 7.11 Å². The van der Waals surface area contributed by atoms with Crippen LogP contribution in [0.4, 0.5) is 0 Å². The van der Waals surface area contributed by atoms with E-state index < -0.39 is 11.4 Å². The fourth-order valence-corrected chi connectivity index (χ4v) is 4.37. The van der Waals surface area contributed by atoms with Gasteiger partial charge in [-0.1, -0.05) is 73.5 Å². The molecule has 2 aromatic carbocycles. The third kappa shape index (κ3) is 4.72. The Morgan fingerprint density at radius 2 is 1.77 bits per heavy atom. The minimum atomic E-state index is -0.444. The number of hydrogen-bond acceptors (Lipinski definition) is 4. The number of ether oxygens (including phenoxy) is 1. The zero-order valence-electron chi connectivity index (χ0n) is 17.4. The number of allylic oxidation sites excluding steroid dienone is 1. The molecule has 1 aromatic heterocycles. The molecule has 30 heavy (non-hydrogen) atoms. The fourth-order valence-electron chi connectivity index (χ4n) is 3.18. The normalized spacial score (nSPS) is 11.6. The molecule has 0 fully saturated rings. The predicted molar refractivity (Wildman–Crippen MR) is 124 cm³/mol. The standard InChI is InChI=1S/C25H23ClO3S/c1-16-5-7-18(8-6-16)22(27)23-21(12-14-30-23)25(2,3)13-11-17-9-10-19(26)15-20(17)24(28)29-4/h5-15H,1-4H3/b13-11+. The Morgan fingerprint density at radius 1 is 1.07 bits per heavy atom. The Morgan fingerprint density at radius 3 is 2.43 bits per heavy atom. The Balaban J connectivity index is 1.95. The van der Waals surface area contributed by atoms with Gasteiger partial charge in [0.2, 0.25) is 5.78 Å². The van der Waals surface area contributed by atoms with Crippen molar-refractivity contribution in [2.24, 2.45) is 0 Å². The van der Waals surface area contributed by atoms with Gasteiger partial charge in [-0.05, 0) is 41.6 Å². The largest absolute Gasteiger partial charge is 0.465 e. The molecule has 0 saturated carbocycles. The van der Waals surface area contributed by atoms with Crippen LogP contribution in [-0.4, -0.2) is 18.9 Å². The van der Waals surface area contributed by atoms with E-state index in [1.807, 2.05) is 68.6 Å². The summed E-state index contributed by atoms with van der Waals surface area (Å²) in [7, 11) is 1.34. The molecule has 0 radical (unpaired) electrons. The van der Waals surface area contributed by atoms with Gasteiger partial charge >= 0.3 is 5.97 Å². The SMILES string of the molecule is COC(=O)c1cc(Cl)ccc1/C=C/C(C)(C)c1ccsc1C(=O)c1ccc(C)cc1. The number of halogens is 1. The van der Waals surface area contributed by atoms with Crippen LogP contribution in [0.5, 0.6) is 0 Å². The number of rotatable bonds is 6. The topological polar surface area (TPSA) is 43.4 Å². The number of hydrogen-bond donors (Lipinski definition) is 0. The first-order chi connectivity index (χ1) is 14.2. The van der Waals surface area contributed by atoms with Crippen molar-refractivity contribution in [1.82, 2.24) is 0 Å². The molecule has 0 N–H and O–H groups in total. The molecular formula is C25H23ClO3S. The van der Waals surface area contributed by atoms with Crippen LogP contribution in [0.15, 0.2) is 60.0 Å². The van der Waals surface area contributed by atoms with E-state index >= 15 is 0 Å². The first-order valence-corrected chi connectivity index (χ1v) is 10.7. The van der Waals surface area contributed by atoms with Crippen LogP contribution in [0.1, 0.15) is 56.1 Å². The van der Waals surface area contributed by atoms with Crippen LogP contribution in [0.25, 0.3) is 6.08 Å². The number of carbonyl (C=O) groups excluding carboxylic acids is 2. The fraction of sp³-hybridized carbons (Fsp3) is 0.200. The molecule has 0 amide bonds. The molecule has 0 unspecified atom stereocenters. The quantitative estimate of drug-likeness (QED) is 0.317. The van der Waals surface area contributed by atoms with E-state index in [0.29, 0.717) is 21.7 Å². The molecule has 154 valence electrons. The van der Waals surface area contributed by atoms with Crippen LogP contribution >= 0.6 is 22.9 Å². The van der Waals surface area contributed by atoms with Crippen molar-refractivity contribution in [3.63, 3.8) is 0 Å². The molecule has 5 heteroatoms. The molecule has 3 rings (SSSR count).